The number of amides is 1. The van der Waals surface area contributed by atoms with Crippen LogP contribution in [-0.4, -0.2) is 35.7 Å². The van der Waals surface area contributed by atoms with Gasteiger partial charge >= 0.3 is 0 Å². The van der Waals surface area contributed by atoms with Gasteiger partial charge in [0.1, 0.15) is 5.37 Å². The SMILES string of the molecule is CC(C)=C1C(=O)S[C@@H]2[C@@H](C(C)O[Si](C)(C)C(C)(C)C)C(=O)N12. The van der Waals surface area contributed by atoms with Crippen LogP contribution in [0.5, 0.6) is 0 Å². The predicted octanol–water partition coefficient (Wildman–Crippen LogP) is 3.75. The van der Waals surface area contributed by atoms with Gasteiger partial charge in [0.2, 0.25) is 11.0 Å². The van der Waals surface area contributed by atoms with Crippen molar-refractivity contribution < 1.29 is 14.0 Å². The molecule has 3 atom stereocenters. The highest BCUT2D eigenvalue weighted by Gasteiger charge is 2.59. The van der Waals surface area contributed by atoms with Crippen LogP contribution in [0.2, 0.25) is 18.1 Å². The van der Waals surface area contributed by atoms with Crippen molar-refractivity contribution in [2.24, 2.45) is 5.92 Å². The van der Waals surface area contributed by atoms with Crippen LogP contribution in [0, 0.1) is 5.92 Å². The van der Waals surface area contributed by atoms with E-state index >= 15 is 0 Å². The third-order valence-electron chi connectivity index (χ3n) is 5.01. The van der Waals surface area contributed by atoms with Crippen molar-refractivity contribution in [1.82, 2.24) is 4.90 Å². The van der Waals surface area contributed by atoms with Crippen LogP contribution in [0.15, 0.2) is 11.3 Å². The summed E-state index contributed by atoms with van der Waals surface area (Å²) < 4.78 is 6.37. The highest BCUT2D eigenvalue weighted by molar-refractivity contribution is 8.15. The minimum absolute atomic E-state index is 0.0142. The van der Waals surface area contributed by atoms with Crippen molar-refractivity contribution in [1.29, 1.82) is 0 Å². The number of carbonyl (C=O) groups is 2. The van der Waals surface area contributed by atoms with Crippen LogP contribution >= 0.6 is 11.8 Å². The minimum atomic E-state index is -1.92. The molecule has 0 spiro atoms. The monoisotopic (exact) mass is 341 g/mol. The third-order valence-corrected chi connectivity index (χ3v) is 10.7. The van der Waals surface area contributed by atoms with Crippen LogP contribution < -0.4 is 0 Å². The molecular formula is C16H27NO3SSi. The number of allylic oxidation sites excluding steroid dienone is 1. The molecule has 0 bridgehead atoms. The van der Waals surface area contributed by atoms with Gasteiger partial charge in [-0.25, -0.2) is 0 Å². The van der Waals surface area contributed by atoms with Crippen molar-refractivity contribution in [3.63, 3.8) is 0 Å². The van der Waals surface area contributed by atoms with Gasteiger partial charge in [0.25, 0.3) is 0 Å². The molecule has 2 rings (SSSR count). The fourth-order valence-electron chi connectivity index (χ4n) is 2.71. The molecule has 124 valence electrons. The van der Waals surface area contributed by atoms with Crippen molar-refractivity contribution >= 4 is 31.1 Å². The molecule has 0 saturated carbocycles. The Morgan fingerprint density at radius 2 is 1.82 bits per heavy atom. The van der Waals surface area contributed by atoms with E-state index in [2.05, 4.69) is 33.9 Å². The van der Waals surface area contributed by atoms with Crippen LogP contribution in [0.3, 0.4) is 0 Å². The van der Waals surface area contributed by atoms with Gasteiger partial charge in [-0.3, -0.25) is 14.5 Å². The predicted molar refractivity (Wildman–Crippen MR) is 92.8 cm³/mol. The molecule has 0 aromatic heterocycles. The first-order chi connectivity index (χ1) is 9.88. The number of β-lactam (4-membered cyclic amide) rings is 1. The number of carbonyl (C=O) groups excluding carboxylic acids is 2. The molecule has 0 aromatic rings. The fourth-order valence-corrected chi connectivity index (χ4v) is 5.57. The Morgan fingerprint density at radius 1 is 1.27 bits per heavy atom. The molecule has 1 amide bonds. The molecule has 2 aliphatic rings. The van der Waals surface area contributed by atoms with E-state index in [4.69, 9.17) is 4.43 Å². The summed E-state index contributed by atoms with van der Waals surface area (Å²) in [4.78, 5) is 26.3. The summed E-state index contributed by atoms with van der Waals surface area (Å²) in [6.45, 7) is 16.7. The van der Waals surface area contributed by atoms with E-state index in [-0.39, 0.29) is 33.5 Å². The van der Waals surface area contributed by atoms with Crippen LogP contribution in [0.1, 0.15) is 41.5 Å². The molecule has 2 aliphatic heterocycles. The van der Waals surface area contributed by atoms with E-state index in [1.165, 1.54) is 11.8 Å². The molecule has 22 heavy (non-hydrogen) atoms. The zero-order valence-corrected chi connectivity index (χ0v) is 16.6. The molecule has 4 nitrogen and oxygen atoms in total. The number of thioether (sulfide) groups is 1. The van der Waals surface area contributed by atoms with Crippen molar-refractivity contribution in [3.05, 3.63) is 11.3 Å². The highest BCUT2D eigenvalue weighted by atomic mass is 32.2. The summed E-state index contributed by atoms with van der Waals surface area (Å²) in [7, 11) is -1.92. The molecule has 1 unspecified atom stereocenters. The van der Waals surface area contributed by atoms with Gasteiger partial charge in [-0.1, -0.05) is 32.5 Å². The Balaban J connectivity index is 2.16. The smallest absolute Gasteiger partial charge is 0.237 e. The Morgan fingerprint density at radius 3 is 2.27 bits per heavy atom. The van der Waals surface area contributed by atoms with Gasteiger partial charge in [0.15, 0.2) is 8.32 Å². The minimum Gasteiger partial charge on any atom is -0.413 e. The van der Waals surface area contributed by atoms with E-state index in [0.717, 1.165) is 5.57 Å². The van der Waals surface area contributed by atoms with Crippen molar-refractivity contribution in [2.45, 2.75) is 71.2 Å². The maximum Gasteiger partial charge on any atom is 0.237 e. The van der Waals surface area contributed by atoms with E-state index in [1.54, 1.807) is 4.90 Å². The Kier molecular flexibility index (Phi) is 4.43. The standard InChI is InChI=1S/C16H27NO3SSi/c1-9(2)12-15(19)21-14-11(13(18)17(12)14)10(3)20-22(7,8)16(4,5)6/h10-11,14H,1-8H3/t10?,11-,14+/m0/s1. The molecule has 0 aromatic carbocycles. The maximum absolute atomic E-state index is 12.5. The lowest BCUT2D eigenvalue weighted by molar-refractivity contribution is -0.152. The van der Waals surface area contributed by atoms with Gasteiger partial charge in [0.05, 0.1) is 17.7 Å². The van der Waals surface area contributed by atoms with E-state index < -0.39 is 8.32 Å². The largest absolute Gasteiger partial charge is 0.413 e. The number of nitrogens with zero attached hydrogens (tertiary/aromatic N) is 1. The van der Waals surface area contributed by atoms with Crippen LogP contribution in [0.4, 0.5) is 0 Å². The maximum atomic E-state index is 12.5. The van der Waals surface area contributed by atoms with Crippen molar-refractivity contribution in [3.8, 4) is 0 Å². The summed E-state index contributed by atoms with van der Waals surface area (Å²) in [5.74, 6) is -0.175. The van der Waals surface area contributed by atoms with Gasteiger partial charge in [-0.15, -0.1) is 0 Å². The molecule has 0 radical (unpaired) electrons. The lowest BCUT2D eigenvalue weighted by atomic mass is 9.92. The molecule has 0 N–H and O–H groups in total. The lowest BCUT2D eigenvalue weighted by Gasteiger charge is -2.47. The molecule has 2 heterocycles. The van der Waals surface area contributed by atoms with E-state index in [1.807, 2.05) is 20.8 Å². The molecule has 0 aliphatic carbocycles. The second-order valence-corrected chi connectivity index (χ2v) is 13.8. The summed E-state index contributed by atoms with van der Waals surface area (Å²) in [6, 6.07) is 0. The van der Waals surface area contributed by atoms with Gasteiger partial charge in [-0.2, -0.15) is 0 Å². The number of fused-ring (bicyclic) bond motifs is 1. The Hall–Kier alpha value is -0.593. The number of hydrogen-bond acceptors (Lipinski definition) is 4. The van der Waals surface area contributed by atoms with Crippen molar-refractivity contribution in [2.75, 3.05) is 0 Å². The zero-order chi connectivity index (χ0) is 17.0. The van der Waals surface area contributed by atoms with Crippen LogP contribution in [0.25, 0.3) is 0 Å². The van der Waals surface area contributed by atoms with Crippen LogP contribution in [-0.2, 0) is 14.0 Å². The fraction of sp³-hybridized carbons (Fsp3) is 0.750. The number of hydrogen-bond donors (Lipinski definition) is 0. The average molecular weight is 342 g/mol. The molecular weight excluding hydrogens is 314 g/mol. The highest BCUT2D eigenvalue weighted by Crippen LogP contribution is 2.50. The first-order valence-electron chi connectivity index (χ1n) is 7.78. The van der Waals surface area contributed by atoms with Gasteiger partial charge < -0.3 is 4.43 Å². The summed E-state index contributed by atoms with van der Waals surface area (Å²) >= 11 is 1.27. The quantitative estimate of drug-likeness (QED) is 0.445. The van der Waals surface area contributed by atoms with E-state index in [0.29, 0.717) is 5.70 Å². The zero-order valence-electron chi connectivity index (χ0n) is 14.8. The van der Waals surface area contributed by atoms with Gasteiger partial charge in [0, 0.05) is 0 Å². The third kappa shape index (κ3) is 2.69. The Bertz CT molecular complexity index is 546. The molecule has 6 heteroatoms. The van der Waals surface area contributed by atoms with Gasteiger partial charge in [-0.05, 0) is 44.5 Å². The first kappa shape index (κ1) is 17.8. The topological polar surface area (TPSA) is 46.6 Å². The second-order valence-electron chi connectivity index (χ2n) is 7.96. The average Bonchev–Trinajstić information content (AvgIpc) is 2.60. The van der Waals surface area contributed by atoms with E-state index in [9.17, 15) is 9.59 Å². The summed E-state index contributed by atoms with van der Waals surface area (Å²) in [6.07, 6.45) is -0.147. The normalized spacial score (nSPS) is 26.9. The lowest BCUT2D eigenvalue weighted by Crippen LogP contribution is -2.61. The first-order valence-corrected chi connectivity index (χ1v) is 11.6. The second kappa shape index (κ2) is 5.49. The summed E-state index contributed by atoms with van der Waals surface area (Å²) in [5.41, 5.74) is 1.49. The Labute approximate surface area is 138 Å². The summed E-state index contributed by atoms with van der Waals surface area (Å²) in [5, 5.41) is 0.0438. The number of rotatable bonds is 3. The molecule has 2 saturated heterocycles. The molecule has 2 fully saturated rings.